The number of anilines is 2. The molecule has 0 spiro atoms. The minimum atomic E-state index is -1.30. The lowest BCUT2D eigenvalue weighted by molar-refractivity contribution is -0.178. The zero-order chi connectivity index (χ0) is 28.4. The van der Waals surface area contributed by atoms with Gasteiger partial charge in [0.2, 0.25) is 12.7 Å². The molecule has 3 atom stereocenters. The van der Waals surface area contributed by atoms with Crippen molar-refractivity contribution in [2.24, 2.45) is 16.0 Å². The first-order valence-electron chi connectivity index (χ1n) is 11.4. The number of nitrogen functional groups attached to an aromatic ring is 1. The van der Waals surface area contributed by atoms with E-state index in [9.17, 15) is 19.2 Å². The molecule has 0 aromatic carbocycles. The maximum atomic E-state index is 13.4. The van der Waals surface area contributed by atoms with E-state index in [1.54, 1.807) is 38.3 Å². The second-order valence-corrected chi connectivity index (χ2v) is 12.3. The molecule has 208 valence electrons. The Labute approximate surface area is 235 Å². The summed E-state index contributed by atoms with van der Waals surface area (Å²) in [6.07, 6.45) is 3.88. The average Bonchev–Trinajstić information content (AvgIpc) is 3.57. The van der Waals surface area contributed by atoms with Crippen LogP contribution in [0.5, 0.6) is 0 Å². The van der Waals surface area contributed by atoms with Crippen LogP contribution in [0.2, 0.25) is 0 Å². The third-order valence-corrected chi connectivity index (χ3v) is 8.59. The molecule has 2 saturated heterocycles. The van der Waals surface area contributed by atoms with E-state index in [2.05, 4.69) is 19.7 Å². The summed E-state index contributed by atoms with van der Waals surface area (Å²) in [5.41, 5.74) is 4.17. The molecule has 0 saturated carbocycles. The van der Waals surface area contributed by atoms with Crippen LogP contribution in [0.15, 0.2) is 22.0 Å². The third kappa shape index (κ3) is 5.89. The molecule has 17 heteroatoms. The predicted molar refractivity (Wildman–Crippen MR) is 144 cm³/mol. The van der Waals surface area contributed by atoms with Gasteiger partial charge in [-0.15, -0.1) is 28.2 Å². The Morgan fingerprint density at radius 3 is 2.72 bits per heavy atom. The summed E-state index contributed by atoms with van der Waals surface area (Å²) in [6.45, 7) is 4.38. The highest BCUT2D eigenvalue weighted by molar-refractivity contribution is 8.00. The van der Waals surface area contributed by atoms with Crippen molar-refractivity contribution in [2.45, 2.75) is 32.2 Å². The molecule has 39 heavy (non-hydrogen) atoms. The molecule has 4 rings (SSSR count). The van der Waals surface area contributed by atoms with Gasteiger partial charge in [-0.2, -0.15) is 0 Å². The van der Waals surface area contributed by atoms with E-state index in [0.29, 0.717) is 11.9 Å². The maximum Gasteiger partial charge on any atom is 0.321 e. The van der Waals surface area contributed by atoms with Gasteiger partial charge in [0.1, 0.15) is 28.9 Å². The molecule has 4 heterocycles. The number of aromatic nitrogens is 3. The molecule has 2 amide bonds. The summed E-state index contributed by atoms with van der Waals surface area (Å²) in [5, 5.41) is 18.5. The number of β-lactam (4-membered cyclic amide) rings is 1. The number of ether oxygens (including phenoxy) is 2. The number of carbonyl (C=O) groups excluding carboxylic acids is 4. The molecule has 0 bridgehead atoms. The van der Waals surface area contributed by atoms with E-state index in [4.69, 9.17) is 20.4 Å². The van der Waals surface area contributed by atoms with Gasteiger partial charge in [0.25, 0.3) is 5.91 Å². The molecule has 2 fully saturated rings. The van der Waals surface area contributed by atoms with Gasteiger partial charge in [-0.25, -0.2) is 4.98 Å². The first-order valence-corrected chi connectivity index (χ1v) is 14.2. The summed E-state index contributed by atoms with van der Waals surface area (Å²) >= 11 is 3.49. The zero-order valence-corrected chi connectivity index (χ0v) is 23.5. The molecule has 14 nitrogen and oxygen atoms in total. The van der Waals surface area contributed by atoms with Gasteiger partial charge in [-0.05, 0) is 38.4 Å². The topological polar surface area (TPSA) is 190 Å². The first-order chi connectivity index (χ1) is 18.5. The lowest BCUT2D eigenvalue weighted by atomic mass is 9.86. The van der Waals surface area contributed by atoms with Crippen molar-refractivity contribution in [3.05, 3.63) is 22.5 Å². The molecule has 2 aliphatic heterocycles. The van der Waals surface area contributed by atoms with Crippen molar-refractivity contribution >= 4 is 81.6 Å². The minimum absolute atomic E-state index is 0.0601. The Hall–Kier alpha value is -3.57. The monoisotopic (exact) mass is 595 g/mol. The van der Waals surface area contributed by atoms with E-state index < -0.39 is 52.8 Å². The number of thioether (sulfide) groups is 1. The van der Waals surface area contributed by atoms with Crippen LogP contribution < -0.4 is 10.6 Å². The number of oxime groups is 1. The summed E-state index contributed by atoms with van der Waals surface area (Å²) in [7, 11) is 0. The number of hydrogen-bond acceptors (Lipinski definition) is 15. The highest BCUT2D eigenvalue weighted by atomic mass is 32.2. The second-order valence-electron chi connectivity index (χ2n) is 9.66. The standard InChI is InChI=1S/C22H25N7O7S3/c1-21(2,3)18(32)35-11-36-19(33)22(5-4-12-7-39-27-26-12)9-28-16(31)15(17(28)38-10-22)29(14(30)6-24-34)13-8-37-20(23)25-13/h4-8,15,17,34H,9-11H2,1-3H3,(H2,23,25)/t15?,17-,22?/m1/s1. The van der Waals surface area contributed by atoms with Gasteiger partial charge in [0, 0.05) is 23.1 Å². The van der Waals surface area contributed by atoms with E-state index in [0.717, 1.165) is 27.8 Å². The number of hydrogen-bond donors (Lipinski definition) is 2. The molecule has 2 aliphatic rings. The van der Waals surface area contributed by atoms with Crippen LogP contribution in [-0.4, -0.2) is 85.2 Å². The highest BCUT2D eigenvalue weighted by Gasteiger charge is 2.59. The molecule has 2 unspecified atom stereocenters. The SMILES string of the molecule is CC(C)(C)C(=O)OCOC(=O)C1(C=Cc2csnn2)CS[C@@H]2C(N(C(=O)C=NO)c3csc(N)n3)C(=O)N2C1. The average molecular weight is 596 g/mol. The number of amides is 2. The summed E-state index contributed by atoms with van der Waals surface area (Å²) in [6, 6.07) is -0.963. The van der Waals surface area contributed by atoms with Crippen molar-refractivity contribution in [1.82, 2.24) is 19.5 Å². The summed E-state index contributed by atoms with van der Waals surface area (Å²) < 4.78 is 14.2. The number of nitrogens with two attached hydrogens (primary N) is 1. The van der Waals surface area contributed by atoms with Crippen molar-refractivity contribution in [1.29, 1.82) is 0 Å². The second kappa shape index (κ2) is 11.3. The maximum absolute atomic E-state index is 13.4. The lowest BCUT2D eigenvalue weighted by Crippen LogP contribution is -2.74. The van der Waals surface area contributed by atoms with E-state index in [1.807, 2.05) is 0 Å². The molecular weight excluding hydrogens is 570 g/mol. The highest BCUT2D eigenvalue weighted by Crippen LogP contribution is 2.46. The predicted octanol–water partition coefficient (Wildman–Crippen LogP) is 1.44. The number of thiazole rings is 1. The largest absolute Gasteiger partial charge is 0.427 e. The fraction of sp³-hybridized carbons (Fsp3) is 0.455. The van der Waals surface area contributed by atoms with Gasteiger partial charge in [-0.1, -0.05) is 15.7 Å². The molecule has 0 aliphatic carbocycles. The van der Waals surface area contributed by atoms with Gasteiger partial charge < -0.3 is 25.3 Å². The van der Waals surface area contributed by atoms with Crippen molar-refractivity contribution < 1.29 is 33.9 Å². The molecule has 2 aromatic heterocycles. The molecule has 2 aromatic rings. The molecule has 0 radical (unpaired) electrons. The van der Waals surface area contributed by atoms with E-state index in [1.165, 1.54) is 22.0 Å². The van der Waals surface area contributed by atoms with Crippen LogP contribution in [0.4, 0.5) is 10.9 Å². The van der Waals surface area contributed by atoms with Gasteiger partial charge in [0.15, 0.2) is 5.13 Å². The summed E-state index contributed by atoms with van der Waals surface area (Å²) in [4.78, 5) is 58.2. The van der Waals surface area contributed by atoms with Crippen LogP contribution in [0.1, 0.15) is 26.5 Å². The van der Waals surface area contributed by atoms with Gasteiger partial charge in [-0.3, -0.25) is 24.1 Å². The number of fused-ring (bicyclic) bond motifs is 1. The number of carbonyl (C=O) groups is 4. The number of rotatable bonds is 8. The Morgan fingerprint density at radius 2 is 2.10 bits per heavy atom. The molecule has 3 N–H and O–H groups in total. The molecular formula is C22H25N7O7S3. The number of esters is 2. The Kier molecular flexibility index (Phi) is 8.22. The van der Waals surface area contributed by atoms with Gasteiger partial charge in [0.05, 0.1) is 11.1 Å². The number of nitrogens with zero attached hydrogens (tertiary/aromatic N) is 6. The van der Waals surface area contributed by atoms with Gasteiger partial charge >= 0.3 is 11.9 Å². The van der Waals surface area contributed by atoms with Crippen LogP contribution in [0, 0.1) is 10.8 Å². The smallest absolute Gasteiger partial charge is 0.321 e. The van der Waals surface area contributed by atoms with Crippen LogP contribution in [0.25, 0.3) is 6.08 Å². The Bertz CT molecular complexity index is 1310. The summed E-state index contributed by atoms with van der Waals surface area (Å²) in [5.74, 6) is -2.11. The Balaban J connectivity index is 1.55. The van der Waals surface area contributed by atoms with E-state index in [-0.39, 0.29) is 23.2 Å². The van der Waals surface area contributed by atoms with E-state index >= 15 is 0 Å². The fourth-order valence-electron chi connectivity index (χ4n) is 3.85. The van der Waals surface area contributed by atoms with Crippen molar-refractivity contribution in [2.75, 3.05) is 29.7 Å². The van der Waals surface area contributed by atoms with Crippen molar-refractivity contribution in [3.8, 4) is 0 Å². The normalized spacial score (nSPS) is 22.9. The van der Waals surface area contributed by atoms with Crippen LogP contribution in [-0.2, 0) is 28.7 Å². The van der Waals surface area contributed by atoms with Crippen LogP contribution >= 0.6 is 34.6 Å². The third-order valence-electron chi connectivity index (χ3n) is 5.87. The zero-order valence-electron chi connectivity index (χ0n) is 21.0. The lowest BCUT2D eigenvalue weighted by Gasteiger charge is -2.55. The minimum Gasteiger partial charge on any atom is -0.427 e. The fourth-order valence-corrected chi connectivity index (χ4v) is 6.36. The first kappa shape index (κ1) is 28.4. The van der Waals surface area contributed by atoms with Crippen LogP contribution in [0.3, 0.4) is 0 Å². The van der Waals surface area contributed by atoms with Crippen molar-refractivity contribution in [3.63, 3.8) is 0 Å². The quantitative estimate of drug-likeness (QED) is 0.112. The Morgan fingerprint density at radius 1 is 1.33 bits per heavy atom.